The molecule has 0 radical (unpaired) electrons. The first kappa shape index (κ1) is 8.48. The molecule has 0 amide bonds. The summed E-state index contributed by atoms with van der Waals surface area (Å²) >= 11 is 0. The van der Waals surface area contributed by atoms with E-state index in [0.717, 1.165) is 0 Å². The summed E-state index contributed by atoms with van der Waals surface area (Å²) in [6.07, 6.45) is 0.249. The number of sulfone groups is 1. The summed E-state index contributed by atoms with van der Waals surface area (Å²) < 4.78 is 21.9. The van der Waals surface area contributed by atoms with E-state index in [4.69, 9.17) is 10.8 Å². The monoisotopic (exact) mass is 179 g/mol. The highest BCUT2D eigenvalue weighted by atomic mass is 32.2. The third-order valence-electron chi connectivity index (χ3n) is 1.75. The van der Waals surface area contributed by atoms with Crippen LogP contribution in [0, 0.1) is 0 Å². The van der Waals surface area contributed by atoms with Crippen molar-refractivity contribution in [3.05, 3.63) is 0 Å². The number of carboxylic acid groups (broad SMARTS) is 1. The molecular formula is C5H9NO4S. The van der Waals surface area contributed by atoms with E-state index in [1.54, 1.807) is 0 Å². The Balaban J connectivity index is 2.99. The average Bonchev–Trinajstić information content (AvgIpc) is 2.06. The molecule has 0 aromatic carbocycles. The SMILES string of the molecule is N[C@@H]1CCS(=O)(=O)[C@@H]1C(=O)O. The molecule has 0 saturated carbocycles. The lowest BCUT2D eigenvalue weighted by Crippen LogP contribution is -2.39. The molecule has 64 valence electrons. The first-order chi connectivity index (χ1) is 4.95. The zero-order valence-corrected chi connectivity index (χ0v) is 6.54. The van der Waals surface area contributed by atoms with Gasteiger partial charge in [-0.1, -0.05) is 0 Å². The van der Waals surface area contributed by atoms with Gasteiger partial charge in [0.15, 0.2) is 15.1 Å². The molecule has 0 unspecified atom stereocenters. The van der Waals surface area contributed by atoms with Gasteiger partial charge in [0.05, 0.1) is 5.75 Å². The number of rotatable bonds is 1. The summed E-state index contributed by atoms with van der Waals surface area (Å²) in [7, 11) is -3.46. The van der Waals surface area contributed by atoms with Crippen LogP contribution in [-0.2, 0) is 14.6 Å². The van der Waals surface area contributed by atoms with E-state index in [1.165, 1.54) is 0 Å². The predicted octanol–water partition coefficient (Wildman–Crippen LogP) is -1.41. The number of aliphatic carboxylic acids is 1. The van der Waals surface area contributed by atoms with Gasteiger partial charge >= 0.3 is 5.97 Å². The van der Waals surface area contributed by atoms with Gasteiger partial charge in [0, 0.05) is 6.04 Å². The van der Waals surface area contributed by atoms with Crippen molar-refractivity contribution in [3.8, 4) is 0 Å². The molecule has 3 N–H and O–H groups in total. The zero-order valence-electron chi connectivity index (χ0n) is 5.73. The van der Waals surface area contributed by atoms with Crippen molar-refractivity contribution in [3.63, 3.8) is 0 Å². The summed E-state index contributed by atoms with van der Waals surface area (Å²) in [5.74, 6) is -1.44. The first-order valence-electron chi connectivity index (χ1n) is 3.15. The van der Waals surface area contributed by atoms with Crippen molar-refractivity contribution in [2.45, 2.75) is 17.7 Å². The molecule has 6 heteroatoms. The molecule has 1 heterocycles. The molecule has 0 aromatic heterocycles. The Labute approximate surface area is 64.1 Å². The minimum Gasteiger partial charge on any atom is -0.480 e. The van der Waals surface area contributed by atoms with Crippen LogP contribution in [0.15, 0.2) is 0 Å². The molecule has 0 aromatic rings. The summed E-state index contributed by atoms with van der Waals surface area (Å²) in [4.78, 5) is 10.4. The lowest BCUT2D eigenvalue weighted by molar-refractivity contribution is -0.136. The van der Waals surface area contributed by atoms with Crippen molar-refractivity contribution in [2.75, 3.05) is 5.75 Å². The van der Waals surface area contributed by atoms with Gasteiger partial charge in [0.1, 0.15) is 0 Å². The van der Waals surface area contributed by atoms with Gasteiger partial charge in [-0.15, -0.1) is 0 Å². The lowest BCUT2D eigenvalue weighted by Gasteiger charge is -2.07. The Morgan fingerprint density at radius 2 is 2.09 bits per heavy atom. The van der Waals surface area contributed by atoms with E-state index < -0.39 is 27.1 Å². The van der Waals surface area contributed by atoms with Gasteiger partial charge in [-0.2, -0.15) is 0 Å². The van der Waals surface area contributed by atoms with Crippen molar-refractivity contribution in [1.29, 1.82) is 0 Å². The van der Waals surface area contributed by atoms with E-state index >= 15 is 0 Å². The summed E-state index contributed by atoms with van der Waals surface area (Å²) in [6, 6.07) is -0.738. The molecule has 5 nitrogen and oxygen atoms in total. The lowest BCUT2D eigenvalue weighted by atomic mass is 10.2. The number of hydrogen-bond donors (Lipinski definition) is 2. The predicted molar refractivity (Wildman–Crippen MR) is 37.8 cm³/mol. The van der Waals surface area contributed by atoms with Crippen LogP contribution in [0.25, 0.3) is 0 Å². The third kappa shape index (κ3) is 1.36. The Morgan fingerprint density at radius 1 is 1.55 bits per heavy atom. The zero-order chi connectivity index (χ0) is 8.65. The Morgan fingerprint density at radius 3 is 2.27 bits per heavy atom. The van der Waals surface area contributed by atoms with Gasteiger partial charge < -0.3 is 10.8 Å². The third-order valence-corrected chi connectivity index (χ3v) is 3.88. The fourth-order valence-corrected chi connectivity index (χ4v) is 3.01. The Kier molecular flexibility index (Phi) is 1.89. The van der Waals surface area contributed by atoms with E-state index in [2.05, 4.69) is 0 Å². The average molecular weight is 179 g/mol. The smallest absolute Gasteiger partial charge is 0.323 e. The maximum atomic E-state index is 11.0. The standard InChI is InChI=1S/C5H9NO4S/c6-3-1-2-11(9,10)4(3)5(7)8/h3-4H,1-2,6H2,(H,7,8)/t3-,4+/m1/s1. The molecule has 1 fully saturated rings. The highest BCUT2D eigenvalue weighted by Crippen LogP contribution is 2.18. The van der Waals surface area contributed by atoms with Crippen LogP contribution in [0.2, 0.25) is 0 Å². The van der Waals surface area contributed by atoms with E-state index in [1.807, 2.05) is 0 Å². The summed E-state index contributed by atoms with van der Waals surface area (Å²) in [5.41, 5.74) is 5.30. The van der Waals surface area contributed by atoms with Gasteiger partial charge in [0.25, 0.3) is 0 Å². The Bertz CT molecular complexity index is 270. The molecule has 1 aliphatic heterocycles. The van der Waals surface area contributed by atoms with Crippen LogP contribution in [0.3, 0.4) is 0 Å². The fraction of sp³-hybridized carbons (Fsp3) is 0.800. The van der Waals surface area contributed by atoms with Crippen LogP contribution < -0.4 is 5.73 Å². The molecule has 2 atom stereocenters. The van der Waals surface area contributed by atoms with Crippen molar-refractivity contribution < 1.29 is 18.3 Å². The molecule has 1 aliphatic rings. The maximum Gasteiger partial charge on any atom is 0.323 e. The largest absolute Gasteiger partial charge is 0.480 e. The summed E-state index contributed by atoms with van der Waals surface area (Å²) in [5, 5.41) is 7.07. The number of hydrogen-bond acceptors (Lipinski definition) is 4. The second-order valence-corrected chi connectivity index (χ2v) is 4.82. The normalized spacial score (nSPS) is 35.4. The topological polar surface area (TPSA) is 97.5 Å². The molecule has 11 heavy (non-hydrogen) atoms. The fourth-order valence-electron chi connectivity index (χ4n) is 1.18. The minimum absolute atomic E-state index is 0.106. The van der Waals surface area contributed by atoms with Gasteiger partial charge in [-0.25, -0.2) is 8.42 Å². The molecular weight excluding hydrogens is 170 g/mol. The van der Waals surface area contributed by atoms with Crippen LogP contribution in [0.1, 0.15) is 6.42 Å². The van der Waals surface area contributed by atoms with Crippen LogP contribution in [0.4, 0.5) is 0 Å². The van der Waals surface area contributed by atoms with Crippen LogP contribution in [0.5, 0.6) is 0 Å². The van der Waals surface area contributed by atoms with Gasteiger partial charge in [-0.3, -0.25) is 4.79 Å². The Hall–Kier alpha value is -0.620. The quantitative estimate of drug-likeness (QED) is 0.515. The summed E-state index contributed by atoms with van der Waals surface area (Å²) in [6.45, 7) is 0. The second-order valence-electron chi connectivity index (χ2n) is 2.58. The molecule has 0 bridgehead atoms. The minimum atomic E-state index is -3.46. The van der Waals surface area contributed by atoms with Gasteiger partial charge in [0.2, 0.25) is 0 Å². The highest BCUT2D eigenvalue weighted by molar-refractivity contribution is 7.93. The van der Waals surface area contributed by atoms with Crippen LogP contribution >= 0.6 is 0 Å². The molecule has 1 rings (SSSR count). The van der Waals surface area contributed by atoms with Crippen molar-refractivity contribution in [2.24, 2.45) is 5.73 Å². The molecule has 0 spiro atoms. The van der Waals surface area contributed by atoms with Crippen LogP contribution in [-0.4, -0.2) is 36.5 Å². The van der Waals surface area contributed by atoms with E-state index in [0.29, 0.717) is 0 Å². The van der Waals surface area contributed by atoms with Crippen molar-refractivity contribution in [1.82, 2.24) is 0 Å². The number of carboxylic acids is 1. The molecule has 0 aliphatic carbocycles. The number of carbonyl (C=O) groups is 1. The van der Waals surface area contributed by atoms with E-state index in [9.17, 15) is 13.2 Å². The second kappa shape index (κ2) is 2.46. The first-order valence-corrected chi connectivity index (χ1v) is 4.86. The highest BCUT2D eigenvalue weighted by Gasteiger charge is 2.43. The number of nitrogens with two attached hydrogens (primary N) is 1. The maximum absolute atomic E-state index is 11.0. The van der Waals surface area contributed by atoms with E-state index in [-0.39, 0.29) is 12.2 Å². The van der Waals surface area contributed by atoms with Gasteiger partial charge in [-0.05, 0) is 6.42 Å². The molecule has 1 saturated heterocycles. The van der Waals surface area contributed by atoms with Crippen molar-refractivity contribution >= 4 is 15.8 Å².